The molecule has 0 spiro atoms. The molecule has 6 heteroatoms. The Bertz CT molecular complexity index is 1070. The third-order valence-corrected chi connectivity index (χ3v) is 4.33. The zero-order valence-electron chi connectivity index (χ0n) is 15.6. The minimum Gasteiger partial charge on any atom is -0.497 e. The van der Waals surface area contributed by atoms with Crippen molar-refractivity contribution in [2.24, 2.45) is 0 Å². The average Bonchev–Trinajstić information content (AvgIpc) is 3.13. The van der Waals surface area contributed by atoms with Crippen molar-refractivity contribution in [1.82, 2.24) is 9.97 Å². The van der Waals surface area contributed by atoms with Crippen LogP contribution in [0.2, 0.25) is 0 Å². The average molecular weight is 376 g/mol. The number of ether oxygens (including phenoxy) is 2. The van der Waals surface area contributed by atoms with Crippen molar-refractivity contribution in [1.29, 1.82) is 0 Å². The Hall–Kier alpha value is -3.38. The molecule has 0 saturated heterocycles. The molecule has 0 amide bonds. The van der Waals surface area contributed by atoms with E-state index in [0.29, 0.717) is 22.7 Å². The molecule has 0 radical (unpaired) electrons. The highest BCUT2D eigenvalue weighted by Gasteiger charge is 2.23. The van der Waals surface area contributed by atoms with E-state index in [-0.39, 0.29) is 6.61 Å². The largest absolute Gasteiger partial charge is 0.497 e. The van der Waals surface area contributed by atoms with Gasteiger partial charge in [-0.2, -0.15) is 0 Å². The molecule has 0 fully saturated rings. The number of nitrogens with zero attached hydrogens (tertiary/aromatic N) is 2. The van der Waals surface area contributed by atoms with Gasteiger partial charge in [0.15, 0.2) is 0 Å². The molecule has 28 heavy (non-hydrogen) atoms. The zero-order chi connectivity index (χ0) is 19.5. The number of fused-ring (bicyclic) bond motifs is 1. The topological polar surface area (TPSA) is 77.6 Å². The lowest BCUT2D eigenvalue weighted by Crippen LogP contribution is -2.13. The molecule has 2 heterocycles. The number of benzene rings is 2. The van der Waals surface area contributed by atoms with Gasteiger partial charge in [-0.15, -0.1) is 0 Å². The molecule has 6 nitrogen and oxygen atoms in total. The number of hydrogen-bond acceptors (Lipinski definition) is 6. The summed E-state index contributed by atoms with van der Waals surface area (Å²) < 4.78 is 17.1. The summed E-state index contributed by atoms with van der Waals surface area (Å²) in [6, 6.07) is 17.5. The number of aliphatic hydroxyl groups is 1. The predicted octanol–water partition coefficient (Wildman–Crippen LogP) is 4.33. The van der Waals surface area contributed by atoms with E-state index in [1.54, 1.807) is 14.0 Å². The van der Waals surface area contributed by atoms with Gasteiger partial charge in [-0.1, -0.05) is 42.5 Å². The fourth-order valence-corrected chi connectivity index (χ4v) is 3.04. The Labute approximate surface area is 162 Å². The van der Waals surface area contributed by atoms with Crippen molar-refractivity contribution in [3.63, 3.8) is 0 Å². The number of aliphatic hydroxyl groups excluding tert-OH is 1. The lowest BCUT2D eigenvalue weighted by Gasteiger charge is -2.09. The fourth-order valence-electron chi connectivity index (χ4n) is 3.04. The third kappa shape index (κ3) is 3.42. The Morgan fingerprint density at radius 3 is 2.43 bits per heavy atom. The number of methoxy groups -OCH3 is 1. The summed E-state index contributed by atoms with van der Waals surface area (Å²) in [6.45, 7) is 1.79. The molecule has 1 N–H and O–H groups in total. The molecule has 0 bridgehead atoms. The summed E-state index contributed by atoms with van der Waals surface area (Å²) in [5.74, 6) is 1.82. The highest BCUT2D eigenvalue weighted by Crippen LogP contribution is 2.43. The predicted molar refractivity (Wildman–Crippen MR) is 106 cm³/mol. The Kier molecular flexibility index (Phi) is 4.95. The van der Waals surface area contributed by atoms with Gasteiger partial charge in [-0.25, -0.2) is 9.97 Å². The summed E-state index contributed by atoms with van der Waals surface area (Å²) >= 11 is 0. The molecule has 0 aliphatic carbocycles. The first-order valence-corrected chi connectivity index (χ1v) is 8.95. The van der Waals surface area contributed by atoms with Gasteiger partial charge in [0.1, 0.15) is 29.8 Å². The maximum atomic E-state index is 9.61. The maximum absolute atomic E-state index is 9.61. The van der Waals surface area contributed by atoms with E-state index in [1.807, 2.05) is 54.6 Å². The van der Waals surface area contributed by atoms with Crippen molar-refractivity contribution in [2.75, 3.05) is 13.7 Å². The monoisotopic (exact) mass is 376 g/mol. The molecule has 0 aliphatic heterocycles. The van der Waals surface area contributed by atoms with Crippen molar-refractivity contribution >= 4 is 11.1 Å². The lowest BCUT2D eigenvalue weighted by atomic mass is 9.99. The fraction of sp³-hybridized carbons (Fsp3) is 0.182. The molecule has 4 rings (SSSR count). The number of furan rings is 1. The van der Waals surface area contributed by atoms with Crippen LogP contribution in [0.4, 0.5) is 0 Å². The van der Waals surface area contributed by atoms with Crippen molar-refractivity contribution < 1.29 is 19.0 Å². The minimum atomic E-state index is -0.616. The molecule has 142 valence electrons. The van der Waals surface area contributed by atoms with Gasteiger partial charge in [0.25, 0.3) is 0 Å². The van der Waals surface area contributed by atoms with Gasteiger partial charge in [-0.3, -0.25) is 0 Å². The Morgan fingerprint density at radius 1 is 1.00 bits per heavy atom. The van der Waals surface area contributed by atoms with Gasteiger partial charge in [0.2, 0.25) is 11.6 Å². The third-order valence-electron chi connectivity index (χ3n) is 4.33. The molecule has 4 aromatic rings. The van der Waals surface area contributed by atoms with Crippen LogP contribution in [0.25, 0.3) is 33.6 Å². The van der Waals surface area contributed by atoms with E-state index in [1.165, 1.54) is 6.33 Å². The molecule has 2 aromatic heterocycles. The van der Waals surface area contributed by atoms with Crippen molar-refractivity contribution in [3.05, 3.63) is 60.9 Å². The number of rotatable bonds is 6. The first-order valence-electron chi connectivity index (χ1n) is 8.95. The molecule has 0 unspecified atom stereocenters. The van der Waals surface area contributed by atoms with E-state index < -0.39 is 6.10 Å². The van der Waals surface area contributed by atoms with Gasteiger partial charge in [0, 0.05) is 11.1 Å². The number of hydrogen-bond donors (Lipinski definition) is 1. The second-order valence-corrected chi connectivity index (χ2v) is 6.42. The van der Waals surface area contributed by atoms with Crippen LogP contribution < -0.4 is 9.47 Å². The molecule has 1 atom stereocenters. The summed E-state index contributed by atoms with van der Waals surface area (Å²) in [6.07, 6.45) is 0.783. The molecule has 0 aliphatic rings. The standard InChI is InChI=1S/C22H20N2O4/c1-14(25)12-27-21-19-18(15-8-10-17(26-2)11-9-15)20(16-6-4-3-5-7-16)28-22(19)24-13-23-21/h3-11,13-14,25H,12H2,1-2H3/t14-/m0/s1. The normalized spacial score (nSPS) is 12.1. The van der Waals surface area contributed by atoms with Gasteiger partial charge in [0.05, 0.1) is 13.2 Å². The highest BCUT2D eigenvalue weighted by molar-refractivity contribution is 6.03. The SMILES string of the molecule is COc1ccc(-c2c(-c3ccccc3)oc3ncnc(OC[C@H](C)O)c23)cc1. The van der Waals surface area contributed by atoms with Crippen molar-refractivity contribution in [2.45, 2.75) is 13.0 Å². The second-order valence-electron chi connectivity index (χ2n) is 6.42. The molecular formula is C22H20N2O4. The van der Waals surface area contributed by atoms with Crippen LogP contribution >= 0.6 is 0 Å². The summed E-state index contributed by atoms with van der Waals surface area (Å²) in [5.41, 5.74) is 3.12. The lowest BCUT2D eigenvalue weighted by molar-refractivity contribution is 0.121. The number of aromatic nitrogens is 2. The van der Waals surface area contributed by atoms with Crippen LogP contribution in [0.5, 0.6) is 11.6 Å². The first kappa shape index (κ1) is 18.0. The van der Waals surface area contributed by atoms with E-state index >= 15 is 0 Å². The van der Waals surface area contributed by atoms with Crippen LogP contribution in [0, 0.1) is 0 Å². The molecule has 2 aromatic carbocycles. The summed E-state index contributed by atoms with van der Waals surface area (Å²) in [7, 11) is 1.63. The van der Waals surface area contributed by atoms with Crippen LogP contribution in [0.1, 0.15) is 6.92 Å². The minimum absolute atomic E-state index is 0.125. The van der Waals surface area contributed by atoms with E-state index in [9.17, 15) is 5.11 Å². The highest BCUT2D eigenvalue weighted by atomic mass is 16.5. The maximum Gasteiger partial charge on any atom is 0.234 e. The van der Waals surface area contributed by atoms with Crippen LogP contribution in [0.15, 0.2) is 65.3 Å². The van der Waals surface area contributed by atoms with Crippen LogP contribution in [-0.2, 0) is 0 Å². The Balaban J connectivity index is 1.96. The van der Waals surface area contributed by atoms with Gasteiger partial charge < -0.3 is 19.0 Å². The molecular weight excluding hydrogens is 356 g/mol. The second kappa shape index (κ2) is 7.70. The van der Waals surface area contributed by atoms with Crippen molar-refractivity contribution in [3.8, 4) is 34.1 Å². The van der Waals surface area contributed by atoms with Gasteiger partial charge in [-0.05, 0) is 24.6 Å². The van der Waals surface area contributed by atoms with Gasteiger partial charge >= 0.3 is 0 Å². The van der Waals surface area contributed by atoms with E-state index in [0.717, 1.165) is 22.4 Å². The van der Waals surface area contributed by atoms with Crippen LogP contribution in [0.3, 0.4) is 0 Å². The van der Waals surface area contributed by atoms with E-state index in [2.05, 4.69) is 9.97 Å². The molecule has 0 saturated carbocycles. The van der Waals surface area contributed by atoms with Crippen LogP contribution in [-0.4, -0.2) is 34.9 Å². The smallest absolute Gasteiger partial charge is 0.234 e. The Morgan fingerprint density at radius 2 is 1.75 bits per heavy atom. The summed E-state index contributed by atoms with van der Waals surface area (Å²) in [4.78, 5) is 8.57. The quantitative estimate of drug-likeness (QED) is 0.540. The van der Waals surface area contributed by atoms with E-state index in [4.69, 9.17) is 13.9 Å². The zero-order valence-corrected chi connectivity index (χ0v) is 15.6. The first-order chi connectivity index (χ1) is 13.7. The summed E-state index contributed by atoms with van der Waals surface area (Å²) in [5, 5.41) is 10.3.